The molecule has 0 aliphatic heterocycles. The van der Waals surface area contributed by atoms with Gasteiger partial charge in [0.15, 0.2) is 0 Å². The minimum Gasteiger partial charge on any atom is -0.385 e. The lowest BCUT2D eigenvalue weighted by Gasteiger charge is -2.23. The molecular weight excluding hydrogens is 330 g/mol. The van der Waals surface area contributed by atoms with Crippen molar-refractivity contribution in [3.63, 3.8) is 0 Å². The van der Waals surface area contributed by atoms with E-state index in [1.54, 1.807) is 6.92 Å². The van der Waals surface area contributed by atoms with Crippen molar-refractivity contribution in [2.75, 3.05) is 5.32 Å². The smallest absolute Gasteiger partial charge is 0.227 e. The van der Waals surface area contributed by atoms with Crippen LogP contribution in [-0.4, -0.2) is 11.0 Å². The predicted molar refractivity (Wildman–Crippen MR) is 88.1 cm³/mol. The molecule has 0 aromatic heterocycles. The van der Waals surface area contributed by atoms with Gasteiger partial charge in [-0.3, -0.25) is 4.79 Å². The number of anilines is 1. The maximum atomic E-state index is 12.2. The molecule has 0 heterocycles. The van der Waals surface area contributed by atoms with Crippen molar-refractivity contribution in [1.82, 2.24) is 0 Å². The molecule has 0 spiro atoms. The third kappa shape index (κ3) is 4.16. The summed E-state index contributed by atoms with van der Waals surface area (Å²) in [7, 11) is 0. The Kier molecular flexibility index (Phi) is 4.80. The van der Waals surface area contributed by atoms with Crippen molar-refractivity contribution >= 4 is 27.5 Å². The molecule has 0 radical (unpaired) electrons. The lowest BCUT2D eigenvalue weighted by Crippen LogP contribution is -2.28. The van der Waals surface area contributed by atoms with Crippen molar-refractivity contribution in [1.29, 1.82) is 0 Å². The van der Waals surface area contributed by atoms with Gasteiger partial charge in [-0.1, -0.05) is 46.3 Å². The highest BCUT2D eigenvalue weighted by atomic mass is 79.9. The average Bonchev–Trinajstić information content (AvgIpc) is 2.42. The van der Waals surface area contributed by atoms with Gasteiger partial charge in [-0.25, -0.2) is 0 Å². The van der Waals surface area contributed by atoms with E-state index in [0.29, 0.717) is 0 Å². The van der Waals surface area contributed by atoms with Gasteiger partial charge >= 0.3 is 0 Å². The molecule has 1 amide bonds. The first kappa shape index (κ1) is 15.7. The highest BCUT2D eigenvalue weighted by Gasteiger charge is 2.26. The zero-order valence-corrected chi connectivity index (χ0v) is 13.6. The maximum Gasteiger partial charge on any atom is 0.227 e. The van der Waals surface area contributed by atoms with E-state index in [1.807, 2.05) is 55.5 Å². The Morgan fingerprint density at radius 1 is 1.24 bits per heavy atom. The molecule has 0 fully saturated rings. The number of amides is 1. The van der Waals surface area contributed by atoms with E-state index in [4.69, 9.17) is 0 Å². The standard InChI is InChI=1S/C17H18BrNO2/c1-12-10-14(18)8-9-15(12)19-16(20)11-17(2,21)13-6-4-3-5-7-13/h3-10,21H,11H2,1-2H3,(H,19,20). The van der Waals surface area contributed by atoms with E-state index < -0.39 is 5.60 Å². The quantitative estimate of drug-likeness (QED) is 0.878. The Morgan fingerprint density at radius 3 is 2.52 bits per heavy atom. The number of aryl methyl sites for hydroxylation is 1. The number of carbonyl (C=O) groups is 1. The zero-order valence-electron chi connectivity index (χ0n) is 12.1. The van der Waals surface area contributed by atoms with E-state index in [1.165, 1.54) is 0 Å². The number of rotatable bonds is 4. The normalized spacial score (nSPS) is 13.5. The summed E-state index contributed by atoms with van der Waals surface area (Å²) in [4.78, 5) is 12.2. The highest BCUT2D eigenvalue weighted by Crippen LogP contribution is 2.26. The van der Waals surface area contributed by atoms with E-state index in [9.17, 15) is 9.90 Å². The van der Waals surface area contributed by atoms with Gasteiger partial charge in [0.05, 0.1) is 12.0 Å². The summed E-state index contributed by atoms with van der Waals surface area (Å²) in [5, 5.41) is 13.3. The van der Waals surface area contributed by atoms with Gasteiger partial charge in [-0.15, -0.1) is 0 Å². The van der Waals surface area contributed by atoms with Gasteiger partial charge in [0.25, 0.3) is 0 Å². The van der Waals surface area contributed by atoms with Crippen molar-refractivity contribution in [3.8, 4) is 0 Å². The Bertz CT molecular complexity index is 638. The van der Waals surface area contributed by atoms with Crippen LogP contribution in [0.15, 0.2) is 53.0 Å². The number of aliphatic hydroxyl groups is 1. The van der Waals surface area contributed by atoms with Crippen molar-refractivity contribution in [3.05, 3.63) is 64.1 Å². The van der Waals surface area contributed by atoms with Crippen LogP contribution in [0.25, 0.3) is 0 Å². The first-order chi connectivity index (χ1) is 9.88. The summed E-state index contributed by atoms with van der Waals surface area (Å²) >= 11 is 3.39. The monoisotopic (exact) mass is 347 g/mol. The van der Waals surface area contributed by atoms with E-state index in [0.717, 1.165) is 21.3 Å². The molecule has 0 aliphatic rings. The minimum atomic E-state index is -1.19. The maximum absolute atomic E-state index is 12.2. The average molecular weight is 348 g/mol. The molecule has 0 aliphatic carbocycles. The van der Waals surface area contributed by atoms with Gasteiger partial charge in [-0.05, 0) is 43.2 Å². The summed E-state index contributed by atoms with van der Waals surface area (Å²) in [5.74, 6) is -0.214. The SMILES string of the molecule is Cc1cc(Br)ccc1NC(=O)CC(C)(O)c1ccccc1. The van der Waals surface area contributed by atoms with Crippen LogP contribution in [0, 0.1) is 6.92 Å². The van der Waals surface area contributed by atoms with Crippen LogP contribution in [0.4, 0.5) is 5.69 Å². The molecule has 2 rings (SSSR count). The van der Waals surface area contributed by atoms with E-state index in [-0.39, 0.29) is 12.3 Å². The summed E-state index contributed by atoms with van der Waals surface area (Å²) in [5.41, 5.74) is 1.27. The second-order valence-corrected chi connectivity index (χ2v) is 6.24. The molecule has 21 heavy (non-hydrogen) atoms. The van der Waals surface area contributed by atoms with Crippen LogP contribution >= 0.6 is 15.9 Å². The summed E-state index contributed by atoms with van der Waals surface area (Å²) in [6.07, 6.45) is 0.00647. The van der Waals surface area contributed by atoms with Crippen molar-refractivity contribution < 1.29 is 9.90 Å². The molecule has 0 saturated carbocycles. The Morgan fingerprint density at radius 2 is 1.90 bits per heavy atom. The molecule has 0 bridgehead atoms. The number of hydrogen-bond acceptors (Lipinski definition) is 2. The number of hydrogen-bond donors (Lipinski definition) is 2. The van der Waals surface area contributed by atoms with Gasteiger partial charge in [-0.2, -0.15) is 0 Å². The van der Waals surface area contributed by atoms with Gasteiger partial charge < -0.3 is 10.4 Å². The summed E-state index contributed by atoms with van der Waals surface area (Å²) < 4.78 is 0.967. The second kappa shape index (κ2) is 6.41. The molecule has 2 aromatic carbocycles. The van der Waals surface area contributed by atoms with Gasteiger partial charge in [0, 0.05) is 10.2 Å². The fourth-order valence-corrected chi connectivity index (χ4v) is 2.65. The van der Waals surface area contributed by atoms with Crippen LogP contribution in [0.5, 0.6) is 0 Å². The molecule has 3 nitrogen and oxygen atoms in total. The van der Waals surface area contributed by atoms with Crippen LogP contribution < -0.4 is 5.32 Å². The molecule has 4 heteroatoms. The van der Waals surface area contributed by atoms with Crippen molar-refractivity contribution in [2.24, 2.45) is 0 Å². The molecule has 0 saturated heterocycles. The van der Waals surface area contributed by atoms with Crippen LogP contribution in [0.2, 0.25) is 0 Å². The highest BCUT2D eigenvalue weighted by molar-refractivity contribution is 9.10. The molecule has 110 valence electrons. The summed E-state index contributed by atoms with van der Waals surface area (Å²) in [6, 6.07) is 14.9. The second-order valence-electron chi connectivity index (χ2n) is 5.32. The fourth-order valence-electron chi connectivity index (χ4n) is 2.17. The topological polar surface area (TPSA) is 49.3 Å². The first-order valence-corrected chi connectivity index (χ1v) is 7.52. The minimum absolute atomic E-state index is 0.00647. The predicted octanol–water partition coefficient (Wildman–Crippen LogP) is 3.99. The number of nitrogens with one attached hydrogen (secondary N) is 1. The lowest BCUT2D eigenvalue weighted by molar-refractivity contribution is -0.120. The number of benzene rings is 2. The Labute approximate surface area is 133 Å². The Hall–Kier alpha value is -1.65. The molecule has 2 aromatic rings. The number of carbonyl (C=O) groups excluding carboxylic acids is 1. The Balaban J connectivity index is 2.08. The summed E-state index contributed by atoms with van der Waals surface area (Å²) in [6.45, 7) is 3.58. The van der Waals surface area contributed by atoms with Gasteiger partial charge in [0.2, 0.25) is 5.91 Å². The fraction of sp³-hybridized carbons (Fsp3) is 0.235. The van der Waals surface area contributed by atoms with Gasteiger partial charge in [0.1, 0.15) is 0 Å². The lowest BCUT2D eigenvalue weighted by atomic mass is 9.92. The molecular formula is C17H18BrNO2. The molecule has 2 N–H and O–H groups in total. The third-order valence-corrected chi connectivity index (χ3v) is 3.86. The number of halogens is 1. The zero-order chi connectivity index (χ0) is 15.5. The van der Waals surface area contributed by atoms with E-state index >= 15 is 0 Å². The first-order valence-electron chi connectivity index (χ1n) is 6.72. The molecule has 1 atom stereocenters. The van der Waals surface area contributed by atoms with Crippen molar-refractivity contribution in [2.45, 2.75) is 25.9 Å². The van der Waals surface area contributed by atoms with Crippen LogP contribution in [0.1, 0.15) is 24.5 Å². The van der Waals surface area contributed by atoms with Crippen LogP contribution in [-0.2, 0) is 10.4 Å². The van der Waals surface area contributed by atoms with Crippen LogP contribution in [0.3, 0.4) is 0 Å². The van der Waals surface area contributed by atoms with E-state index in [2.05, 4.69) is 21.2 Å². The largest absolute Gasteiger partial charge is 0.385 e. The third-order valence-electron chi connectivity index (χ3n) is 3.36. The molecule has 1 unspecified atom stereocenters.